The van der Waals surface area contributed by atoms with Crippen molar-refractivity contribution in [3.05, 3.63) is 176 Å². The number of hydrogen-bond acceptors (Lipinski definition) is 0. The molecule has 0 nitrogen and oxygen atoms in total. The van der Waals surface area contributed by atoms with Gasteiger partial charge in [0.05, 0.1) is 0 Å². The van der Waals surface area contributed by atoms with Gasteiger partial charge in [0, 0.05) is 0 Å². The maximum Gasteiger partial charge on any atom is -0.00106 e. The first-order valence-electron chi connectivity index (χ1n) is 18.5. The van der Waals surface area contributed by atoms with Gasteiger partial charge in [0.25, 0.3) is 0 Å². The van der Waals surface area contributed by atoms with E-state index in [2.05, 4.69) is 109 Å². The molecular weight excluding hydrogens is 577 g/mol. The zero-order valence-corrected chi connectivity index (χ0v) is 27.9. The van der Waals surface area contributed by atoms with Crippen molar-refractivity contribution in [1.82, 2.24) is 0 Å². The van der Waals surface area contributed by atoms with E-state index in [4.69, 9.17) is 0 Å². The smallest absolute Gasteiger partial charge is 0.00106 e. The van der Waals surface area contributed by atoms with Gasteiger partial charge < -0.3 is 0 Å². The highest BCUT2D eigenvalue weighted by atomic mass is 14.3. The molecule has 0 saturated heterocycles. The Balaban J connectivity index is 0.0000000923. The molecular formula is C48H42. The van der Waals surface area contributed by atoms with E-state index in [1.807, 2.05) is 0 Å². The SMILES string of the molecule is c1ccc2c(c1)Cc1c-2ccc2c1CCC2.c1ccc2c(c1)Cc1cc3c(cc1-2)CCC3.c1ccc2c(c1)Cc1ccc3c(c1-2)CCC3. The highest BCUT2D eigenvalue weighted by molar-refractivity contribution is 5.81. The van der Waals surface area contributed by atoms with E-state index in [-0.39, 0.29) is 0 Å². The lowest BCUT2D eigenvalue weighted by Gasteiger charge is -2.08. The second-order valence-corrected chi connectivity index (χ2v) is 14.8. The quantitative estimate of drug-likeness (QED) is 0.159. The molecule has 12 rings (SSSR count). The molecule has 6 aliphatic carbocycles. The third-order valence-electron chi connectivity index (χ3n) is 12.1. The third kappa shape index (κ3) is 4.64. The van der Waals surface area contributed by atoms with Crippen molar-refractivity contribution in [2.24, 2.45) is 0 Å². The Morgan fingerprint density at radius 1 is 0.271 bits per heavy atom. The zero-order chi connectivity index (χ0) is 31.6. The number of aryl methyl sites for hydroxylation is 4. The van der Waals surface area contributed by atoms with Crippen molar-refractivity contribution in [3.8, 4) is 33.4 Å². The van der Waals surface area contributed by atoms with Gasteiger partial charge in [-0.05, 0) is 177 Å². The molecule has 0 saturated carbocycles. The minimum atomic E-state index is 1.14. The molecule has 0 radical (unpaired) electrons. The molecule has 48 heavy (non-hydrogen) atoms. The molecule has 234 valence electrons. The summed E-state index contributed by atoms with van der Waals surface area (Å²) in [6.45, 7) is 0. The predicted octanol–water partition coefficient (Wildman–Crippen LogP) is 11.2. The van der Waals surface area contributed by atoms with Crippen LogP contribution in [-0.4, -0.2) is 0 Å². The van der Waals surface area contributed by atoms with Gasteiger partial charge in [0.15, 0.2) is 0 Å². The van der Waals surface area contributed by atoms with E-state index in [0.29, 0.717) is 0 Å². The first kappa shape index (κ1) is 28.3. The van der Waals surface area contributed by atoms with Crippen molar-refractivity contribution in [3.63, 3.8) is 0 Å². The van der Waals surface area contributed by atoms with E-state index in [1.54, 1.807) is 55.6 Å². The maximum atomic E-state index is 2.46. The fourth-order valence-corrected chi connectivity index (χ4v) is 9.86. The molecule has 0 unspecified atom stereocenters. The largest absolute Gasteiger partial charge is 0.0619 e. The highest BCUT2D eigenvalue weighted by Crippen LogP contribution is 2.44. The van der Waals surface area contributed by atoms with Gasteiger partial charge >= 0.3 is 0 Å². The average molecular weight is 619 g/mol. The first-order chi connectivity index (χ1) is 23.8. The molecule has 0 heterocycles. The van der Waals surface area contributed by atoms with Crippen LogP contribution in [0.2, 0.25) is 0 Å². The molecule has 0 fully saturated rings. The van der Waals surface area contributed by atoms with Crippen LogP contribution in [0.1, 0.15) is 86.0 Å². The molecule has 6 aromatic carbocycles. The van der Waals surface area contributed by atoms with Crippen LogP contribution >= 0.6 is 0 Å². The zero-order valence-electron chi connectivity index (χ0n) is 27.9. The Labute approximate surface area is 285 Å². The van der Waals surface area contributed by atoms with Crippen molar-refractivity contribution in [1.29, 1.82) is 0 Å². The van der Waals surface area contributed by atoms with E-state index >= 15 is 0 Å². The fraction of sp³-hybridized carbons (Fsp3) is 0.250. The number of hydrogen-bond donors (Lipinski definition) is 0. The maximum absolute atomic E-state index is 2.46. The summed E-state index contributed by atoms with van der Waals surface area (Å²) >= 11 is 0. The normalized spacial score (nSPS) is 15.8. The van der Waals surface area contributed by atoms with Crippen molar-refractivity contribution in [2.45, 2.75) is 77.0 Å². The Morgan fingerprint density at radius 2 is 0.792 bits per heavy atom. The summed E-state index contributed by atoms with van der Waals surface area (Å²) in [5, 5.41) is 0. The van der Waals surface area contributed by atoms with Crippen LogP contribution in [0.4, 0.5) is 0 Å². The molecule has 0 amide bonds. The third-order valence-corrected chi connectivity index (χ3v) is 12.1. The summed E-state index contributed by atoms with van der Waals surface area (Å²) < 4.78 is 0. The Kier molecular flexibility index (Phi) is 6.78. The second kappa shape index (κ2) is 11.5. The molecule has 0 heteroatoms. The average Bonchev–Trinajstić information content (AvgIpc) is 3.98. The van der Waals surface area contributed by atoms with Gasteiger partial charge in [-0.15, -0.1) is 0 Å². The van der Waals surface area contributed by atoms with Crippen LogP contribution in [0.25, 0.3) is 33.4 Å². The van der Waals surface area contributed by atoms with Crippen molar-refractivity contribution >= 4 is 0 Å². The Hall–Kier alpha value is -4.68. The van der Waals surface area contributed by atoms with Gasteiger partial charge in [0.1, 0.15) is 0 Å². The summed E-state index contributed by atoms with van der Waals surface area (Å²) in [6, 6.07) is 40.9. The van der Waals surface area contributed by atoms with Crippen LogP contribution in [-0.2, 0) is 57.8 Å². The van der Waals surface area contributed by atoms with Gasteiger partial charge in [-0.3, -0.25) is 0 Å². The van der Waals surface area contributed by atoms with Crippen molar-refractivity contribution in [2.75, 3.05) is 0 Å². The molecule has 6 aliphatic rings. The number of benzene rings is 6. The lowest BCUT2D eigenvalue weighted by molar-refractivity contribution is 0.908. The first-order valence-corrected chi connectivity index (χ1v) is 18.5. The van der Waals surface area contributed by atoms with E-state index in [0.717, 1.165) is 19.3 Å². The Bertz CT molecular complexity index is 2240. The topological polar surface area (TPSA) is 0 Å². The molecule has 6 aromatic rings. The van der Waals surface area contributed by atoms with Crippen LogP contribution < -0.4 is 0 Å². The lowest BCUT2D eigenvalue weighted by Crippen LogP contribution is -1.91. The highest BCUT2D eigenvalue weighted by Gasteiger charge is 2.26. The van der Waals surface area contributed by atoms with Crippen LogP contribution in [0.3, 0.4) is 0 Å². The summed E-state index contributed by atoms with van der Waals surface area (Å²) in [4.78, 5) is 0. The summed E-state index contributed by atoms with van der Waals surface area (Å²) in [5.41, 5.74) is 27.9. The van der Waals surface area contributed by atoms with E-state index in [9.17, 15) is 0 Å². The predicted molar refractivity (Wildman–Crippen MR) is 200 cm³/mol. The number of rotatable bonds is 0. The van der Waals surface area contributed by atoms with Gasteiger partial charge in [-0.2, -0.15) is 0 Å². The molecule has 0 aromatic heterocycles. The molecule has 0 spiro atoms. The van der Waals surface area contributed by atoms with Gasteiger partial charge in [-0.1, -0.05) is 109 Å². The summed E-state index contributed by atoms with van der Waals surface area (Å²) in [5.74, 6) is 0. The Morgan fingerprint density at radius 3 is 1.58 bits per heavy atom. The monoisotopic (exact) mass is 618 g/mol. The fourth-order valence-electron chi connectivity index (χ4n) is 9.86. The van der Waals surface area contributed by atoms with Crippen molar-refractivity contribution < 1.29 is 0 Å². The molecule has 0 atom stereocenters. The molecule has 0 N–H and O–H groups in total. The van der Waals surface area contributed by atoms with Crippen LogP contribution in [0.15, 0.2) is 109 Å². The van der Waals surface area contributed by atoms with Crippen LogP contribution in [0, 0.1) is 0 Å². The molecule has 0 aliphatic heterocycles. The molecule has 0 bridgehead atoms. The van der Waals surface area contributed by atoms with Crippen LogP contribution in [0.5, 0.6) is 0 Å². The van der Waals surface area contributed by atoms with E-state index < -0.39 is 0 Å². The lowest BCUT2D eigenvalue weighted by atomic mass is 9.97. The minimum Gasteiger partial charge on any atom is -0.0619 e. The minimum absolute atomic E-state index is 1.14. The summed E-state index contributed by atoms with van der Waals surface area (Å²) in [6.07, 6.45) is 15.2. The standard InChI is InChI=1S/3C16H14/c1-2-7-15-13(4-1)9-14-8-11-5-3-6-12(11)10-16(14)15;1-2-6-15-12(4-1)10-13-9-8-11-5-3-7-14(11)16(13)15;1-2-6-14-12(4-1)10-16-13-7-3-5-11(13)8-9-15(14)16/h1-2,4,7-8,10H,3,5-6,9H2;2*1-2,4,6,8-9H,3,5,7,10H2. The number of fused-ring (bicyclic) bond motifs is 14. The van der Waals surface area contributed by atoms with E-state index in [1.165, 1.54) is 102 Å². The second-order valence-electron chi connectivity index (χ2n) is 14.8. The summed E-state index contributed by atoms with van der Waals surface area (Å²) in [7, 11) is 0. The van der Waals surface area contributed by atoms with Gasteiger partial charge in [0.2, 0.25) is 0 Å². The van der Waals surface area contributed by atoms with Gasteiger partial charge in [-0.25, -0.2) is 0 Å².